The number of nitrogens with one attached hydrogen (secondary N) is 1. The Bertz CT molecular complexity index is 1050. The average molecular weight is 423 g/mol. The van der Waals surface area contributed by atoms with Gasteiger partial charge in [-0.3, -0.25) is 9.36 Å². The molecule has 30 heavy (non-hydrogen) atoms. The van der Waals surface area contributed by atoms with Crippen LogP contribution < -0.4 is 10.2 Å². The van der Waals surface area contributed by atoms with Crippen molar-refractivity contribution in [3.8, 4) is 6.07 Å². The summed E-state index contributed by atoms with van der Waals surface area (Å²) >= 11 is 1.35. The molecular weight excluding hydrogens is 400 g/mol. The minimum Gasteiger partial charge on any atom is -0.467 e. The molecule has 8 nitrogen and oxygen atoms in total. The Kier molecular flexibility index (Phi) is 6.05. The molecule has 0 saturated carbocycles. The zero-order valence-electron chi connectivity index (χ0n) is 16.6. The van der Waals surface area contributed by atoms with Crippen LogP contribution in [-0.4, -0.2) is 39.0 Å². The monoisotopic (exact) mass is 422 g/mol. The predicted molar refractivity (Wildman–Crippen MR) is 114 cm³/mol. The fourth-order valence-corrected chi connectivity index (χ4v) is 4.18. The van der Waals surface area contributed by atoms with Crippen molar-refractivity contribution in [2.45, 2.75) is 36.7 Å². The highest BCUT2D eigenvalue weighted by Crippen LogP contribution is 2.29. The van der Waals surface area contributed by atoms with Gasteiger partial charge in [-0.25, -0.2) is 0 Å². The summed E-state index contributed by atoms with van der Waals surface area (Å²) in [7, 11) is 0. The Balaban J connectivity index is 1.51. The minimum atomic E-state index is -0.401. The first-order valence-electron chi connectivity index (χ1n) is 9.82. The van der Waals surface area contributed by atoms with E-state index in [4.69, 9.17) is 9.68 Å². The third-order valence-corrected chi connectivity index (χ3v) is 5.97. The number of carbonyl (C=O) groups excluding carboxylic acids is 1. The van der Waals surface area contributed by atoms with Gasteiger partial charge in [0, 0.05) is 18.8 Å². The number of nitriles is 1. The maximum Gasteiger partial charge on any atom is 0.237 e. The molecule has 9 heteroatoms. The molecule has 0 spiro atoms. The Morgan fingerprint density at radius 1 is 1.30 bits per heavy atom. The lowest BCUT2D eigenvalue weighted by molar-refractivity contribution is -0.115. The van der Waals surface area contributed by atoms with E-state index in [1.54, 1.807) is 30.5 Å². The van der Waals surface area contributed by atoms with E-state index in [1.165, 1.54) is 11.8 Å². The predicted octanol–water partition coefficient (Wildman–Crippen LogP) is 3.51. The number of carbonyl (C=O) groups is 1. The lowest BCUT2D eigenvalue weighted by atomic mass is 10.2. The standard InChI is InChI=1S/C21H22N6O2S/c1-15(19(28)23-17-7-4-6-16(12-17)13-22)30-21-25-24-20(26-9-2-3-10-26)27(21)14-18-8-5-11-29-18/h4-8,11-12,15H,2-3,9-10,14H2,1H3,(H,23,28). The van der Waals surface area contributed by atoms with Gasteiger partial charge in [-0.1, -0.05) is 17.8 Å². The van der Waals surface area contributed by atoms with Gasteiger partial charge in [0.2, 0.25) is 11.9 Å². The summed E-state index contributed by atoms with van der Waals surface area (Å²) in [5, 5.41) is 20.9. The van der Waals surface area contributed by atoms with Crippen LogP contribution in [0.2, 0.25) is 0 Å². The van der Waals surface area contributed by atoms with Gasteiger partial charge in [-0.2, -0.15) is 5.26 Å². The Labute approximate surface area is 178 Å². The van der Waals surface area contributed by atoms with Gasteiger partial charge in [-0.15, -0.1) is 10.2 Å². The van der Waals surface area contributed by atoms with Crippen LogP contribution in [-0.2, 0) is 11.3 Å². The maximum absolute atomic E-state index is 12.7. The first kappa shape index (κ1) is 20.0. The lowest BCUT2D eigenvalue weighted by Gasteiger charge is -2.18. The van der Waals surface area contributed by atoms with Crippen LogP contribution in [0.5, 0.6) is 0 Å². The Hall–Kier alpha value is -3.25. The molecule has 2 aromatic heterocycles. The molecule has 1 saturated heterocycles. The van der Waals surface area contributed by atoms with Crippen molar-refractivity contribution in [3.05, 3.63) is 54.0 Å². The molecule has 1 unspecified atom stereocenters. The number of aromatic nitrogens is 3. The van der Waals surface area contributed by atoms with Crippen molar-refractivity contribution in [2.24, 2.45) is 0 Å². The second kappa shape index (κ2) is 9.05. The van der Waals surface area contributed by atoms with Crippen molar-refractivity contribution in [2.75, 3.05) is 23.3 Å². The van der Waals surface area contributed by atoms with Gasteiger partial charge in [0.1, 0.15) is 5.76 Å². The maximum atomic E-state index is 12.7. The third-order valence-electron chi connectivity index (χ3n) is 4.89. The third kappa shape index (κ3) is 4.49. The normalized spacial score (nSPS) is 14.5. The number of nitrogens with zero attached hydrogens (tertiary/aromatic N) is 5. The summed E-state index contributed by atoms with van der Waals surface area (Å²) in [5.74, 6) is 1.45. The topological polar surface area (TPSA) is 100.0 Å². The second-order valence-corrected chi connectivity index (χ2v) is 8.39. The zero-order valence-corrected chi connectivity index (χ0v) is 17.4. The molecule has 1 aliphatic rings. The lowest BCUT2D eigenvalue weighted by Crippen LogP contribution is -2.24. The van der Waals surface area contributed by atoms with Gasteiger partial charge in [0.25, 0.3) is 0 Å². The minimum absolute atomic E-state index is 0.162. The highest BCUT2D eigenvalue weighted by Gasteiger charge is 2.25. The van der Waals surface area contributed by atoms with E-state index in [0.717, 1.165) is 37.6 Å². The van der Waals surface area contributed by atoms with E-state index in [2.05, 4.69) is 26.5 Å². The molecule has 154 valence electrons. The number of thioether (sulfide) groups is 1. The summed E-state index contributed by atoms with van der Waals surface area (Å²) in [6.07, 6.45) is 3.92. The second-order valence-electron chi connectivity index (χ2n) is 7.08. The molecule has 1 aromatic carbocycles. The number of hydrogen-bond acceptors (Lipinski definition) is 7. The summed E-state index contributed by atoms with van der Waals surface area (Å²) in [6, 6.07) is 12.7. The highest BCUT2D eigenvalue weighted by atomic mass is 32.2. The highest BCUT2D eigenvalue weighted by molar-refractivity contribution is 8.00. The molecule has 1 N–H and O–H groups in total. The van der Waals surface area contributed by atoms with Crippen molar-refractivity contribution in [1.82, 2.24) is 14.8 Å². The molecule has 1 atom stereocenters. The van der Waals surface area contributed by atoms with Crippen LogP contribution in [0.4, 0.5) is 11.6 Å². The molecule has 3 aromatic rings. The zero-order chi connectivity index (χ0) is 20.9. The van der Waals surface area contributed by atoms with Crippen LogP contribution in [0.3, 0.4) is 0 Å². The quantitative estimate of drug-likeness (QED) is 0.582. The van der Waals surface area contributed by atoms with Gasteiger partial charge in [0.15, 0.2) is 5.16 Å². The largest absolute Gasteiger partial charge is 0.467 e. The number of rotatable bonds is 7. The van der Waals surface area contributed by atoms with Gasteiger partial charge in [-0.05, 0) is 50.1 Å². The molecule has 1 amide bonds. The molecule has 4 rings (SSSR count). The molecule has 1 fully saturated rings. The smallest absolute Gasteiger partial charge is 0.237 e. The van der Waals surface area contributed by atoms with E-state index >= 15 is 0 Å². The molecule has 3 heterocycles. The number of furan rings is 1. The van der Waals surface area contributed by atoms with E-state index in [-0.39, 0.29) is 5.91 Å². The molecule has 1 aliphatic heterocycles. The number of anilines is 2. The van der Waals surface area contributed by atoms with Crippen LogP contribution in [0.15, 0.2) is 52.2 Å². The average Bonchev–Trinajstić information content (AvgIpc) is 3.51. The van der Waals surface area contributed by atoms with Crippen LogP contribution in [0.1, 0.15) is 31.1 Å². The molecule has 0 radical (unpaired) electrons. The van der Waals surface area contributed by atoms with Gasteiger partial charge < -0.3 is 14.6 Å². The van der Waals surface area contributed by atoms with Crippen molar-refractivity contribution >= 4 is 29.3 Å². The fraction of sp³-hybridized carbons (Fsp3) is 0.333. The summed E-state index contributed by atoms with van der Waals surface area (Å²) in [6.45, 7) is 4.24. The van der Waals surface area contributed by atoms with E-state index in [1.807, 2.05) is 23.6 Å². The molecular formula is C21H22N6O2S. The summed E-state index contributed by atoms with van der Waals surface area (Å²) in [4.78, 5) is 14.9. The number of hydrogen-bond donors (Lipinski definition) is 1. The van der Waals surface area contributed by atoms with E-state index < -0.39 is 5.25 Å². The summed E-state index contributed by atoms with van der Waals surface area (Å²) < 4.78 is 7.53. The van der Waals surface area contributed by atoms with Crippen molar-refractivity contribution in [1.29, 1.82) is 5.26 Å². The molecule has 0 aliphatic carbocycles. The Morgan fingerprint density at radius 3 is 2.87 bits per heavy atom. The fourth-order valence-electron chi connectivity index (χ4n) is 3.34. The number of amides is 1. The Morgan fingerprint density at radius 2 is 2.13 bits per heavy atom. The molecule has 0 bridgehead atoms. The van der Waals surface area contributed by atoms with Crippen LogP contribution in [0, 0.1) is 11.3 Å². The van der Waals surface area contributed by atoms with E-state index in [9.17, 15) is 4.79 Å². The SMILES string of the molecule is CC(Sc1nnc(N2CCCC2)n1Cc1ccco1)C(=O)Nc1cccc(C#N)c1. The van der Waals surface area contributed by atoms with Crippen LogP contribution in [0.25, 0.3) is 0 Å². The van der Waals surface area contributed by atoms with Crippen molar-refractivity contribution < 1.29 is 9.21 Å². The first-order chi connectivity index (χ1) is 14.6. The van der Waals surface area contributed by atoms with Gasteiger partial charge in [0.05, 0.1) is 29.7 Å². The number of benzene rings is 1. The summed E-state index contributed by atoms with van der Waals surface area (Å²) in [5.41, 5.74) is 1.10. The van der Waals surface area contributed by atoms with E-state index in [0.29, 0.717) is 23.0 Å². The van der Waals surface area contributed by atoms with Crippen LogP contribution >= 0.6 is 11.8 Å². The van der Waals surface area contributed by atoms with Crippen molar-refractivity contribution in [3.63, 3.8) is 0 Å². The first-order valence-corrected chi connectivity index (χ1v) is 10.7. The van der Waals surface area contributed by atoms with Gasteiger partial charge >= 0.3 is 0 Å².